The van der Waals surface area contributed by atoms with Crippen LogP contribution in [0.1, 0.15) is 30.0 Å². The van der Waals surface area contributed by atoms with Gasteiger partial charge in [0, 0.05) is 81.2 Å². The molecule has 47 heavy (non-hydrogen) atoms. The van der Waals surface area contributed by atoms with Crippen molar-refractivity contribution < 1.29 is 4.79 Å². The zero-order valence-corrected chi connectivity index (χ0v) is 26.5. The van der Waals surface area contributed by atoms with Gasteiger partial charge in [-0.15, -0.1) is 0 Å². The fourth-order valence-electron chi connectivity index (χ4n) is 5.94. The zero-order chi connectivity index (χ0) is 32.6. The number of hydrogen-bond donors (Lipinski definition) is 2. The quantitative estimate of drug-likeness (QED) is 0.140. The summed E-state index contributed by atoms with van der Waals surface area (Å²) >= 11 is 0. The molecule has 0 saturated heterocycles. The van der Waals surface area contributed by atoms with Crippen LogP contribution in [0.3, 0.4) is 0 Å². The molecule has 1 amide bonds. The maximum Gasteiger partial charge on any atom is 0.219 e. The fraction of sp³-hybridized carbons (Fsp3) is 0.211. The van der Waals surface area contributed by atoms with Gasteiger partial charge in [0.05, 0.1) is 17.4 Å². The smallest absolute Gasteiger partial charge is 0.219 e. The first kappa shape index (κ1) is 31.7. The molecule has 3 N–H and O–H groups in total. The molecule has 238 valence electrons. The molecule has 1 unspecified atom stereocenters. The number of aryl methyl sites for hydroxylation is 2. The van der Waals surface area contributed by atoms with Gasteiger partial charge in [0.25, 0.3) is 0 Å². The van der Waals surface area contributed by atoms with Crippen molar-refractivity contribution in [3.05, 3.63) is 135 Å². The van der Waals surface area contributed by atoms with Gasteiger partial charge in [0.1, 0.15) is 5.82 Å². The molecular formula is C38H40N8O. The minimum absolute atomic E-state index is 0.176. The molecule has 1 atom stereocenters. The SMILES string of the molecule is [CH2]CN(C[CH2])c1ccc(-c2nc3cc(C(CC(N)=O)NCc4ccc(-c5ccncc5)cc4)ccc3n2CCCn2ccnc2)cc1. The molecule has 0 fully saturated rings. The summed E-state index contributed by atoms with van der Waals surface area (Å²) in [6, 6.07) is 26.8. The highest BCUT2D eigenvalue weighted by atomic mass is 16.1. The van der Waals surface area contributed by atoms with Gasteiger partial charge >= 0.3 is 0 Å². The topological polar surface area (TPSA) is 107 Å². The summed E-state index contributed by atoms with van der Waals surface area (Å²) in [7, 11) is 0. The van der Waals surface area contributed by atoms with Crippen LogP contribution in [-0.2, 0) is 24.4 Å². The Morgan fingerprint density at radius 2 is 1.57 bits per heavy atom. The van der Waals surface area contributed by atoms with E-state index in [0.29, 0.717) is 19.6 Å². The van der Waals surface area contributed by atoms with Gasteiger partial charge in [-0.05, 0) is 91.1 Å². The number of hydrogen-bond acceptors (Lipinski definition) is 6. The molecule has 2 radical (unpaired) electrons. The molecule has 9 heteroatoms. The number of imidazole rings is 2. The number of benzene rings is 3. The van der Waals surface area contributed by atoms with E-state index in [4.69, 9.17) is 10.7 Å². The Labute approximate surface area is 276 Å². The number of nitrogens with two attached hydrogens (primary N) is 1. The number of fused-ring (bicyclic) bond motifs is 1. The van der Waals surface area contributed by atoms with Crippen molar-refractivity contribution in [1.29, 1.82) is 0 Å². The van der Waals surface area contributed by atoms with Gasteiger partial charge < -0.3 is 25.1 Å². The Hall–Kier alpha value is -5.28. The Kier molecular flexibility index (Phi) is 10.0. The van der Waals surface area contributed by atoms with Gasteiger partial charge in [-0.3, -0.25) is 9.78 Å². The number of pyridine rings is 1. The molecule has 3 aromatic heterocycles. The molecule has 0 aliphatic carbocycles. The Morgan fingerprint density at radius 3 is 2.26 bits per heavy atom. The maximum atomic E-state index is 12.2. The molecule has 0 spiro atoms. The van der Waals surface area contributed by atoms with Gasteiger partial charge in [0.2, 0.25) is 5.91 Å². The van der Waals surface area contributed by atoms with Gasteiger partial charge in [-0.25, -0.2) is 9.97 Å². The van der Waals surface area contributed by atoms with Crippen molar-refractivity contribution in [2.24, 2.45) is 5.73 Å². The van der Waals surface area contributed by atoms with E-state index in [2.05, 4.69) is 110 Å². The average molecular weight is 625 g/mol. The predicted octanol–water partition coefficient (Wildman–Crippen LogP) is 6.23. The van der Waals surface area contributed by atoms with E-state index in [-0.39, 0.29) is 18.4 Å². The van der Waals surface area contributed by atoms with Crippen molar-refractivity contribution in [3.8, 4) is 22.5 Å². The van der Waals surface area contributed by atoms with Crippen LogP contribution >= 0.6 is 0 Å². The normalized spacial score (nSPS) is 12.0. The van der Waals surface area contributed by atoms with Gasteiger partial charge in [-0.2, -0.15) is 0 Å². The van der Waals surface area contributed by atoms with Crippen LogP contribution < -0.4 is 16.0 Å². The summed E-state index contributed by atoms with van der Waals surface area (Å²) in [5, 5.41) is 3.57. The largest absolute Gasteiger partial charge is 0.372 e. The monoisotopic (exact) mass is 624 g/mol. The Morgan fingerprint density at radius 1 is 0.851 bits per heavy atom. The first-order valence-corrected chi connectivity index (χ1v) is 15.9. The van der Waals surface area contributed by atoms with E-state index in [9.17, 15) is 4.79 Å². The summed E-state index contributed by atoms with van der Waals surface area (Å²) in [4.78, 5) is 27.7. The molecule has 0 aliphatic heterocycles. The molecule has 3 aromatic carbocycles. The first-order valence-electron chi connectivity index (χ1n) is 15.9. The molecule has 9 nitrogen and oxygen atoms in total. The third kappa shape index (κ3) is 7.58. The highest BCUT2D eigenvalue weighted by molar-refractivity contribution is 5.82. The van der Waals surface area contributed by atoms with E-state index in [1.165, 1.54) is 0 Å². The van der Waals surface area contributed by atoms with E-state index < -0.39 is 0 Å². The second-order valence-corrected chi connectivity index (χ2v) is 11.6. The number of carbonyl (C=O) groups excluding carboxylic acids is 1. The number of carbonyl (C=O) groups is 1. The Bertz CT molecular complexity index is 1880. The van der Waals surface area contributed by atoms with Crippen molar-refractivity contribution in [2.45, 2.75) is 38.5 Å². The highest BCUT2D eigenvalue weighted by Crippen LogP contribution is 2.30. The van der Waals surface area contributed by atoms with E-state index >= 15 is 0 Å². The third-order valence-electron chi connectivity index (χ3n) is 8.49. The average Bonchev–Trinajstić information content (AvgIpc) is 3.76. The van der Waals surface area contributed by atoms with Crippen LogP contribution in [0.15, 0.2) is 110 Å². The number of nitrogens with zero attached hydrogens (tertiary/aromatic N) is 6. The van der Waals surface area contributed by atoms with Crippen molar-refractivity contribution in [3.63, 3.8) is 0 Å². The second-order valence-electron chi connectivity index (χ2n) is 11.6. The summed E-state index contributed by atoms with van der Waals surface area (Å²) < 4.78 is 4.37. The lowest BCUT2D eigenvalue weighted by molar-refractivity contribution is -0.118. The number of aromatic nitrogens is 5. The summed E-state index contributed by atoms with van der Waals surface area (Å²) in [6.07, 6.45) is 10.3. The molecule has 6 rings (SSSR count). The lowest BCUT2D eigenvalue weighted by Crippen LogP contribution is -2.26. The van der Waals surface area contributed by atoms with Crippen LogP contribution in [0.4, 0.5) is 5.69 Å². The van der Waals surface area contributed by atoms with E-state index in [0.717, 1.165) is 69.9 Å². The number of rotatable bonds is 15. The molecule has 3 heterocycles. The Balaban J connectivity index is 1.27. The molecule has 0 bridgehead atoms. The molecule has 0 aliphatic rings. The number of primary amides is 1. The van der Waals surface area contributed by atoms with Crippen LogP contribution in [0.25, 0.3) is 33.5 Å². The summed E-state index contributed by atoms with van der Waals surface area (Å²) in [5.41, 5.74) is 14.1. The lowest BCUT2D eigenvalue weighted by Gasteiger charge is -2.21. The highest BCUT2D eigenvalue weighted by Gasteiger charge is 2.19. The summed E-state index contributed by atoms with van der Waals surface area (Å²) in [5.74, 6) is 0.541. The third-order valence-corrected chi connectivity index (χ3v) is 8.49. The first-order chi connectivity index (χ1) is 23.0. The van der Waals surface area contributed by atoms with Crippen molar-refractivity contribution in [1.82, 2.24) is 29.4 Å². The maximum absolute atomic E-state index is 12.2. The van der Waals surface area contributed by atoms with E-state index in [1.807, 2.05) is 24.7 Å². The number of amides is 1. The number of nitrogens with one attached hydrogen (secondary N) is 1. The second kappa shape index (κ2) is 14.9. The van der Waals surface area contributed by atoms with Crippen LogP contribution in [0, 0.1) is 13.8 Å². The lowest BCUT2D eigenvalue weighted by atomic mass is 10.0. The van der Waals surface area contributed by atoms with Gasteiger partial charge in [0.15, 0.2) is 0 Å². The molecule has 0 saturated carbocycles. The van der Waals surface area contributed by atoms with Crippen molar-refractivity contribution >= 4 is 22.6 Å². The van der Waals surface area contributed by atoms with Crippen molar-refractivity contribution in [2.75, 3.05) is 18.0 Å². The van der Waals surface area contributed by atoms with Crippen LogP contribution in [0.2, 0.25) is 0 Å². The van der Waals surface area contributed by atoms with E-state index in [1.54, 1.807) is 18.6 Å². The molecular weight excluding hydrogens is 584 g/mol. The molecule has 6 aromatic rings. The van der Waals surface area contributed by atoms with Gasteiger partial charge in [-0.1, -0.05) is 30.3 Å². The number of anilines is 1. The van der Waals surface area contributed by atoms with Crippen LogP contribution in [0.5, 0.6) is 0 Å². The minimum Gasteiger partial charge on any atom is -0.372 e. The standard InChI is InChI=1S/C38H40N8O/c1-3-45(4-2)33-13-10-31(11-14-33)38-43-35-24-32(12-15-36(35)46(38)22-5-21-44-23-20-41-27-44)34(25-37(39)47)42-26-28-6-8-29(9-7-28)30-16-18-40-19-17-30/h6-20,23-24,27,34,42H,1-5,21-22,25-26H2,(H2,39,47). The minimum atomic E-state index is -0.361. The summed E-state index contributed by atoms with van der Waals surface area (Å²) in [6.45, 7) is 11.6. The van der Waals surface area contributed by atoms with Crippen LogP contribution in [-0.4, -0.2) is 43.1 Å². The zero-order valence-electron chi connectivity index (χ0n) is 26.5. The fourth-order valence-corrected chi connectivity index (χ4v) is 5.94. The predicted molar refractivity (Wildman–Crippen MR) is 188 cm³/mol.